The molecule has 0 spiro atoms. The monoisotopic (exact) mass is 268 g/mol. The molecule has 1 aromatic rings. The van der Waals surface area contributed by atoms with Crippen molar-refractivity contribution in [2.24, 2.45) is 11.8 Å². The van der Waals surface area contributed by atoms with Gasteiger partial charge in [-0.2, -0.15) is 0 Å². The van der Waals surface area contributed by atoms with Crippen LogP contribution in [-0.4, -0.2) is 25.2 Å². The van der Waals surface area contributed by atoms with Crippen molar-refractivity contribution in [1.82, 2.24) is 10.3 Å². The SMILES string of the molecule is COCCNC1(c2nc(C)cs2)CC(C(C)C)C1. The Balaban J connectivity index is 2.05. The number of rotatable bonds is 6. The highest BCUT2D eigenvalue weighted by atomic mass is 32.1. The van der Waals surface area contributed by atoms with Crippen LogP contribution in [-0.2, 0) is 10.3 Å². The highest BCUT2D eigenvalue weighted by molar-refractivity contribution is 7.09. The highest BCUT2D eigenvalue weighted by Crippen LogP contribution is 2.49. The summed E-state index contributed by atoms with van der Waals surface area (Å²) in [4.78, 5) is 4.69. The molecule has 0 bridgehead atoms. The van der Waals surface area contributed by atoms with Gasteiger partial charge in [-0.05, 0) is 31.6 Å². The topological polar surface area (TPSA) is 34.1 Å². The maximum Gasteiger partial charge on any atom is 0.113 e. The van der Waals surface area contributed by atoms with Gasteiger partial charge >= 0.3 is 0 Å². The predicted molar refractivity (Wildman–Crippen MR) is 76.0 cm³/mol. The van der Waals surface area contributed by atoms with Gasteiger partial charge in [0.15, 0.2) is 0 Å². The number of methoxy groups -OCH3 is 1. The molecular formula is C14H24N2OS. The Morgan fingerprint density at radius 3 is 2.78 bits per heavy atom. The average Bonchev–Trinajstić information content (AvgIpc) is 2.68. The quantitative estimate of drug-likeness (QED) is 0.806. The molecule has 1 fully saturated rings. The van der Waals surface area contributed by atoms with E-state index in [1.54, 1.807) is 18.4 Å². The summed E-state index contributed by atoms with van der Waals surface area (Å²) in [6.07, 6.45) is 2.42. The minimum absolute atomic E-state index is 0.117. The molecule has 102 valence electrons. The molecule has 0 aliphatic heterocycles. The lowest BCUT2D eigenvalue weighted by Crippen LogP contribution is -2.54. The van der Waals surface area contributed by atoms with Crippen LogP contribution in [0.1, 0.15) is 37.4 Å². The fourth-order valence-corrected chi connectivity index (χ4v) is 3.66. The molecule has 1 N–H and O–H groups in total. The number of hydrogen-bond donors (Lipinski definition) is 1. The van der Waals surface area contributed by atoms with Crippen molar-refractivity contribution in [3.05, 3.63) is 16.1 Å². The summed E-state index contributed by atoms with van der Waals surface area (Å²) in [5.74, 6) is 1.59. The largest absolute Gasteiger partial charge is 0.383 e. The first kappa shape index (κ1) is 14.0. The van der Waals surface area contributed by atoms with Gasteiger partial charge in [-0.15, -0.1) is 11.3 Å². The molecule has 18 heavy (non-hydrogen) atoms. The van der Waals surface area contributed by atoms with Crippen LogP contribution in [0.2, 0.25) is 0 Å². The summed E-state index contributed by atoms with van der Waals surface area (Å²) < 4.78 is 5.14. The van der Waals surface area contributed by atoms with Crippen molar-refractivity contribution in [2.45, 2.75) is 39.2 Å². The van der Waals surface area contributed by atoms with Gasteiger partial charge in [0, 0.05) is 24.7 Å². The molecule has 0 aromatic carbocycles. The number of aryl methyl sites for hydroxylation is 1. The predicted octanol–water partition coefficient (Wildman–Crippen LogP) is 2.95. The third kappa shape index (κ3) is 2.76. The van der Waals surface area contributed by atoms with Crippen LogP contribution in [0.4, 0.5) is 0 Å². The molecule has 1 aliphatic rings. The van der Waals surface area contributed by atoms with Crippen LogP contribution in [0.15, 0.2) is 5.38 Å². The maximum absolute atomic E-state index is 5.14. The smallest absolute Gasteiger partial charge is 0.113 e. The number of aromatic nitrogens is 1. The second-order valence-corrected chi connectivity index (χ2v) is 6.57. The van der Waals surface area contributed by atoms with Gasteiger partial charge in [0.25, 0.3) is 0 Å². The molecule has 0 unspecified atom stereocenters. The second-order valence-electron chi connectivity index (χ2n) is 5.71. The van der Waals surface area contributed by atoms with Crippen LogP contribution < -0.4 is 5.32 Å². The molecule has 0 saturated heterocycles. The van der Waals surface area contributed by atoms with E-state index in [2.05, 4.69) is 31.5 Å². The van der Waals surface area contributed by atoms with Crippen LogP contribution in [0.3, 0.4) is 0 Å². The Morgan fingerprint density at radius 1 is 1.56 bits per heavy atom. The van der Waals surface area contributed by atoms with Gasteiger partial charge in [-0.3, -0.25) is 0 Å². The molecule has 0 atom stereocenters. The van der Waals surface area contributed by atoms with Crippen molar-refractivity contribution in [3.8, 4) is 0 Å². The molecule has 1 heterocycles. The highest BCUT2D eigenvalue weighted by Gasteiger charge is 2.47. The van der Waals surface area contributed by atoms with Crippen LogP contribution in [0.5, 0.6) is 0 Å². The number of thiazole rings is 1. The first-order valence-electron chi connectivity index (χ1n) is 6.74. The summed E-state index contributed by atoms with van der Waals surface area (Å²) in [6, 6.07) is 0. The van der Waals surface area contributed by atoms with E-state index < -0.39 is 0 Å². The lowest BCUT2D eigenvalue weighted by molar-refractivity contribution is 0.0593. The molecular weight excluding hydrogens is 244 g/mol. The van der Waals surface area contributed by atoms with Crippen molar-refractivity contribution >= 4 is 11.3 Å². The Morgan fingerprint density at radius 2 is 2.28 bits per heavy atom. The van der Waals surface area contributed by atoms with Gasteiger partial charge in [0.1, 0.15) is 5.01 Å². The normalized spacial score (nSPS) is 27.5. The van der Waals surface area contributed by atoms with E-state index in [0.29, 0.717) is 0 Å². The average molecular weight is 268 g/mol. The fraction of sp³-hybridized carbons (Fsp3) is 0.786. The van der Waals surface area contributed by atoms with Gasteiger partial charge in [0.2, 0.25) is 0 Å². The van der Waals surface area contributed by atoms with Crippen LogP contribution in [0.25, 0.3) is 0 Å². The minimum Gasteiger partial charge on any atom is -0.383 e. The number of nitrogens with one attached hydrogen (secondary N) is 1. The standard InChI is InChI=1S/C14H24N2OS/c1-10(2)12-7-14(8-12,15-5-6-17-4)13-16-11(3)9-18-13/h9-10,12,15H,5-8H2,1-4H3. The summed E-state index contributed by atoms with van der Waals surface area (Å²) in [5, 5.41) is 7.08. The van der Waals surface area contributed by atoms with E-state index in [1.807, 2.05) is 0 Å². The molecule has 0 amide bonds. The molecule has 2 rings (SSSR count). The zero-order valence-electron chi connectivity index (χ0n) is 11.8. The Kier molecular flexibility index (Phi) is 4.41. The van der Waals surface area contributed by atoms with Crippen molar-refractivity contribution < 1.29 is 4.74 Å². The van der Waals surface area contributed by atoms with Crippen molar-refractivity contribution in [2.75, 3.05) is 20.3 Å². The van der Waals surface area contributed by atoms with E-state index in [1.165, 1.54) is 17.8 Å². The van der Waals surface area contributed by atoms with Gasteiger partial charge in [0.05, 0.1) is 12.1 Å². The van der Waals surface area contributed by atoms with E-state index in [4.69, 9.17) is 9.72 Å². The first-order chi connectivity index (χ1) is 8.57. The Bertz CT molecular complexity index is 383. The molecule has 1 aliphatic carbocycles. The summed E-state index contributed by atoms with van der Waals surface area (Å²) in [7, 11) is 1.75. The summed E-state index contributed by atoms with van der Waals surface area (Å²) in [6.45, 7) is 8.37. The van der Waals surface area contributed by atoms with E-state index >= 15 is 0 Å². The van der Waals surface area contributed by atoms with E-state index in [9.17, 15) is 0 Å². The minimum atomic E-state index is 0.117. The summed E-state index contributed by atoms with van der Waals surface area (Å²) in [5.41, 5.74) is 1.25. The first-order valence-corrected chi connectivity index (χ1v) is 7.62. The molecule has 1 aromatic heterocycles. The fourth-order valence-electron chi connectivity index (χ4n) is 2.67. The van der Waals surface area contributed by atoms with Crippen molar-refractivity contribution in [3.63, 3.8) is 0 Å². The Hall–Kier alpha value is -0.450. The zero-order chi connectivity index (χ0) is 13.2. The van der Waals surface area contributed by atoms with Crippen molar-refractivity contribution in [1.29, 1.82) is 0 Å². The van der Waals surface area contributed by atoms with Gasteiger partial charge < -0.3 is 10.1 Å². The number of ether oxygens (including phenoxy) is 1. The van der Waals surface area contributed by atoms with Crippen LogP contribution >= 0.6 is 11.3 Å². The lowest BCUT2D eigenvalue weighted by atomic mass is 9.64. The maximum atomic E-state index is 5.14. The molecule has 4 heteroatoms. The van der Waals surface area contributed by atoms with E-state index in [0.717, 1.165) is 30.7 Å². The molecule has 0 radical (unpaired) electrons. The zero-order valence-corrected chi connectivity index (χ0v) is 12.6. The molecule has 1 saturated carbocycles. The number of hydrogen-bond acceptors (Lipinski definition) is 4. The van der Waals surface area contributed by atoms with E-state index in [-0.39, 0.29) is 5.54 Å². The lowest BCUT2D eigenvalue weighted by Gasteiger charge is -2.49. The Labute approximate surface area is 114 Å². The third-order valence-electron chi connectivity index (χ3n) is 3.96. The number of nitrogens with zero attached hydrogens (tertiary/aromatic N) is 1. The third-order valence-corrected chi connectivity index (χ3v) is 5.13. The second kappa shape index (κ2) is 5.68. The van der Waals surface area contributed by atoms with Crippen LogP contribution in [0, 0.1) is 18.8 Å². The van der Waals surface area contributed by atoms with Gasteiger partial charge in [-0.25, -0.2) is 4.98 Å². The van der Waals surface area contributed by atoms with Gasteiger partial charge in [-0.1, -0.05) is 13.8 Å². The summed E-state index contributed by atoms with van der Waals surface area (Å²) >= 11 is 1.79. The molecule has 3 nitrogen and oxygen atoms in total.